The second kappa shape index (κ2) is 11.3. The van der Waals surface area contributed by atoms with Gasteiger partial charge in [0.05, 0.1) is 27.7 Å². The number of rotatable bonds is 4. The Morgan fingerprint density at radius 1 is 0.519 bits per heavy atom. The van der Waals surface area contributed by atoms with Gasteiger partial charge in [0.2, 0.25) is 0 Å². The first-order chi connectivity index (χ1) is 26.5. The number of benzene rings is 7. The van der Waals surface area contributed by atoms with E-state index in [0.29, 0.717) is 17.5 Å². The van der Waals surface area contributed by atoms with Gasteiger partial charge in [0, 0.05) is 32.7 Å². The quantitative estimate of drug-likeness (QED) is 0.184. The molecule has 0 radical (unpaired) electrons. The van der Waals surface area contributed by atoms with Crippen molar-refractivity contribution in [2.45, 2.75) is 26.2 Å². The number of hydrogen-bond donors (Lipinski definition) is 0. The zero-order valence-electron chi connectivity index (χ0n) is 30.1. The van der Waals surface area contributed by atoms with Crippen LogP contribution in [0.25, 0.3) is 94.7 Å². The first-order valence-electron chi connectivity index (χ1n) is 18.5. The van der Waals surface area contributed by atoms with E-state index in [1.165, 1.54) is 38.5 Å². The molecule has 0 spiro atoms. The van der Waals surface area contributed by atoms with Crippen LogP contribution in [0.2, 0.25) is 0 Å². The summed E-state index contributed by atoms with van der Waals surface area (Å²) in [4.78, 5) is 15.3. The Morgan fingerprint density at radius 2 is 1.13 bits per heavy atom. The molecule has 10 aromatic rings. The minimum absolute atomic E-state index is 0.0999. The Balaban J connectivity index is 1.24. The lowest BCUT2D eigenvalue weighted by atomic mass is 9.82. The molecular weight excluding hydrogens is 661 g/mol. The molecule has 5 nitrogen and oxygen atoms in total. The van der Waals surface area contributed by atoms with E-state index < -0.39 is 0 Å². The molecule has 3 aromatic heterocycles. The fourth-order valence-corrected chi connectivity index (χ4v) is 8.80. The average molecular weight is 695 g/mol. The lowest BCUT2D eigenvalue weighted by Crippen LogP contribution is -2.14. The summed E-state index contributed by atoms with van der Waals surface area (Å²) in [6, 6.07) is 53.3. The van der Waals surface area contributed by atoms with E-state index in [9.17, 15) is 0 Å². The Hall–Kier alpha value is -6.85. The zero-order valence-corrected chi connectivity index (χ0v) is 30.1. The maximum absolute atomic E-state index is 6.91. The van der Waals surface area contributed by atoms with Crippen molar-refractivity contribution < 1.29 is 4.42 Å². The number of aromatic nitrogens is 4. The molecule has 256 valence electrons. The molecule has 0 saturated carbocycles. The number of nitrogens with zero attached hydrogens (tertiary/aromatic N) is 4. The van der Waals surface area contributed by atoms with Gasteiger partial charge >= 0.3 is 0 Å². The molecule has 1 aliphatic rings. The monoisotopic (exact) mass is 694 g/mol. The predicted molar refractivity (Wildman–Crippen MR) is 220 cm³/mol. The first-order valence-corrected chi connectivity index (χ1v) is 18.5. The summed E-state index contributed by atoms with van der Waals surface area (Å²) < 4.78 is 9.35. The molecule has 54 heavy (non-hydrogen) atoms. The van der Waals surface area contributed by atoms with Crippen LogP contribution in [0.5, 0.6) is 0 Å². The number of fused-ring (bicyclic) bond motifs is 9. The van der Waals surface area contributed by atoms with E-state index in [4.69, 9.17) is 19.4 Å². The summed E-state index contributed by atoms with van der Waals surface area (Å²) >= 11 is 0. The van der Waals surface area contributed by atoms with Crippen molar-refractivity contribution >= 4 is 43.7 Å². The van der Waals surface area contributed by atoms with Gasteiger partial charge in [-0.2, -0.15) is 0 Å². The van der Waals surface area contributed by atoms with E-state index in [-0.39, 0.29) is 5.41 Å². The topological polar surface area (TPSA) is 56.7 Å². The van der Waals surface area contributed by atoms with Crippen LogP contribution in [-0.2, 0) is 5.41 Å². The van der Waals surface area contributed by atoms with Crippen LogP contribution in [0, 0.1) is 6.92 Å². The molecule has 0 saturated heterocycles. The third-order valence-corrected chi connectivity index (χ3v) is 11.4. The average Bonchev–Trinajstić information content (AvgIpc) is 3.83. The normalized spacial score (nSPS) is 13.2. The highest BCUT2D eigenvalue weighted by molar-refractivity contribution is 6.17. The Kier molecular flexibility index (Phi) is 6.45. The van der Waals surface area contributed by atoms with Gasteiger partial charge in [0.25, 0.3) is 0 Å². The van der Waals surface area contributed by atoms with Gasteiger partial charge in [0.1, 0.15) is 11.2 Å². The second-order valence-electron chi connectivity index (χ2n) is 14.9. The maximum Gasteiger partial charge on any atom is 0.168 e. The summed E-state index contributed by atoms with van der Waals surface area (Å²) in [7, 11) is 0. The highest BCUT2D eigenvalue weighted by Gasteiger charge is 2.36. The first kappa shape index (κ1) is 30.7. The van der Waals surface area contributed by atoms with Gasteiger partial charge in [-0.25, -0.2) is 15.0 Å². The van der Waals surface area contributed by atoms with Crippen LogP contribution in [0.3, 0.4) is 0 Å². The minimum Gasteiger partial charge on any atom is -0.455 e. The van der Waals surface area contributed by atoms with Crippen molar-refractivity contribution in [2.75, 3.05) is 0 Å². The molecule has 0 unspecified atom stereocenters. The second-order valence-corrected chi connectivity index (χ2v) is 14.9. The van der Waals surface area contributed by atoms with Crippen molar-refractivity contribution in [3.05, 3.63) is 168 Å². The molecule has 0 bridgehead atoms. The van der Waals surface area contributed by atoms with E-state index in [1.807, 2.05) is 72.8 Å². The van der Waals surface area contributed by atoms with Gasteiger partial charge in [-0.05, 0) is 65.1 Å². The summed E-state index contributed by atoms with van der Waals surface area (Å²) in [5.74, 6) is 1.81. The molecule has 0 fully saturated rings. The lowest BCUT2D eigenvalue weighted by Gasteiger charge is -2.21. The highest BCUT2D eigenvalue weighted by atomic mass is 16.3. The highest BCUT2D eigenvalue weighted by Crippen LogP contribution is 2.51. The molecular formula is C49H34N4O. The molecule has 11 rings (SSSR count). The largest absolute Gasteiger partial charge is 0.455 e. The number of hydrogen-bond acceptors (Lipinski definition) is 4. The third-order valence-electron chi connectivity index (χ3n) is 11.4. The number of aryl methyl sites for hydroxylation is 1. The summed E-state index contributed by atoms with van der Waals surface area (Å²) in [5.41, 5.74) is 13.9. The summed E-state index contributed by atoms with van der Waals surface area (Å²) in [6.45, 7) is 6.84. The van der Waals surface area contributed by atoms with E-state index >= 15 is 0 Å². The van der Waals surface area contributed by atoms with Crippen molar-refractivity contribution in [2.24, 2.45) is 0 Å². The molecule has 7 aromatic carbocycles. The summed E-state index contributed by atoms with van der Waals surface area (Å²) in [6.07, 6.45) is 0. The standard InChI is InChI=1S/C49H34N4O/c1-29-26-41(53-39-24-14-11-21-33(39)36-27-38-35(28-40(36)53)32-20-10-13-23-37(32)49(38,2)3)44-34-22-12-15-25-42(34)54-45(44)43(29)48-51-46(30-16-6-4-7-17-30)50-47(52-48)31-18-8-5-9-19-31/h4-28H,1-3H3. The SMILES string of the molecule is Cc1cc(-n2c3ccccc3c3cc4c(cc32)-c2ccccc2C4(C)C)c2c(oc3ccccc32)c1-c1nc(-c2ccccc2)nc(-c2ccccc2)n1. The van der Waals surface area contributed by atoms with Crippen molar-refractivity contribution in [3.63, 3.8) is 0 Å². The Labute approximate surface area is 312 Å². The molecule has 3 heterocycles. The van der Waals surface area contributed by atoms with Gasteiger partial charge < -0.3 is 8.98 Å². The van der Waals surface area contributed by atoms with Crippen molar-refractivity contribution in [3.8, 4) is 51.0 Å². The van der Waals surface area contributed by atoms with Crippen LogP contribution in [-0.4, -0.2) is 19.5 Å². The summed E-state index contributed by atoms with van der Waals surface area (Å²) in [5, 5.41) is 4.54. The Morgan fingerprint density at radius 3 is 1.87 bits per heavy atom. The third kappa shape index (κ3) is 4.36. The van der Waals surface area contributed by atoms with Crippen LogP contribution in [0.1, 0.15) is 30.5 Å². The van der Waals surface area contributed by atoms with Gasteiger partial charge in [-0.3, -0.25) is 0 Å². The van der Waals surface area contributed by atoms with Crippen molar-refractivity contribution in [1.29, 1.82) is 0 Å². The van der Waals surface area contributed by atoms with E-state index in [2.05, 4.69) is 104 Å². The fourth-order valence-electron chi connectivity index (χ4n) is 8.80. The van der Waals surface area contributed by atoms with Crippen LogP contribution in [0.4, 0.5) is 0 Å². The molecule has 1 aliphatic carbocycles. The fraction of sp³-hybridized carbons (Fsp3) is 0.0816. The zero-order chi connectivity index (χ0) is 36.1. The molecule has 0 amide bonds. The van der Waals surface area contributed by atoms with Gasteiger partial charge in [-0.15, -0.1) is 0 Å². The minimum atomic E-state index is -0.0999. The lowest BCUT2D eigenvalue weighted by molar-refractivity contribution is 0.661. The van der Waals surface area contributed by atoms with E-state index in [1.54, 1.807) is 0 Å². The van der Waals surface area contributed by atoms with Crippen molar-refractivity contribution in [1.82, 2.24) is 19.5 Å². The van der Waals surface area contributed by atoms with Crippen LogP contribution >= 0.6 is 0 Å². The number of para-hydroxylation sites is 2. The van der Waals surface area contributed by atoms with Gasteiger partial charge in [-0.1, -0.05) is 135 Å². The van der Waals surface area contributed by atoms with Crippen LogP contribution < -0.4 is 0 Å². The smallest absolute Gasteiger partial charge is 0.168 e. The number of furan rings is 1. The molecule has 0 N–H and O–H groups in total. The maximum atomic E-state index is 6.91. The van der Waals surface area contributed by atoms with Gasteiger partial charge in [0.15, 0.2) is 17.5 Å². The Bertz CT molecular complexity index is 3080. The van der Waals surface area contributed by atoms with E-state index in [0.717, 1.165) is 55.4 Å². The predicted octanol–water partition coefficient (Wildman–Crippen LogP) is 12.5. The molecule has 0 aliphatic heterocycles. The molecule has 0 atom stereocenters. The van der Waals surface area contributed by atoms with Crippen LogP contribution in [0.15, 0.2) is 156 Å². The molecule has 5 heteroatoms.